The Morgan fingerprint density at radius 3 is 2.55 bits per heavy atom. The lowest BCUT2D eigenvalue weighted by molar-refractivity contribution is -0.134. The van der Waals surface area contributed by atoms with Crippen LogP contribution in [0.3, 0.4) is 0 Å². The Balaban J connectivity index is 1.56. The zero-order valence-corrected chi connectivity index (χ0v) is 11.6. The first-order valence-corrected chi connectivity index (χ1v) is 7.27. The van der Waals surface area contributed by atoms with Crippen molar-refractivity contribution in [2.45, 2.75) is 19.4 Å². The van der Waals surface area contributed by atoms with E-state index < -0.39 is 0 Å². The maximum absolute atomic E-state index is 12.0. The smallest absolute Gasteiger partial charge is 0.225 e. The second-order valence-electron chi connectivity index (χ2n) is 5.64. The molecular formula is C16H19N3O. The van der Waals surface area contributed by atoms with E-state index in [1.165, 1.54) is 0 Å². The second-order valence-corrected chi connectivity index (χ2v) is 5.64. The highest BCUT2D eigenvalue weighted by atomic mass is 16.2. The molecule has 3 rings (SSSR count). The molecule has 4 nitrogen and oxygen atoms in total. The third kappa shape index (κ3) is 2.83. The third-order valence-corrected chi connectivity index (χ3v) is 4.14. The number of hydrogen-bond donors (Lipinski definition) is 0. The van der Waals surface area contributed by atoms with Crippen LogP contribution < -0.4 is 0 Å². The lowest BCUT2D eigenvalue weighted by Gasteiger charge is -2.35. The molecule has 1 aliphatic carbocycles. The zero-order valence-electron chi connectivity index (χ0n) is 11.6. The average Bonchev–Trinajstić information content (AvgIpc) is 3.32. The van der Waals surface area contributed by atoms with Gasteiger partial charge in [0, 0.05) is 38.6 Å². The van der Waals surface area contributed by atoms with Crippen molar-refractivity contribution in [3.8, 4) is 6.07 Å². The van der Waals surface area contributed by atoms with E-state index in [4.69, 9.17) is 5.26 Å². The van der Waals surface area contributed by atoms with Gasteiger partial charge in [0.15, 0.2) is 0 Å². The van der Waals surface area contributed by atoms with Gasteiger partial charge in [-0.3, -0.25) is 9.69 Å². The van der Waals surface area contributed by atoms with Gasteiger partial charge in [0.25, 0.3) is 0 Å². The van der Waals surface area contributed by atoms with Crippen molar-refractivity contribution < 1.29 is 4.79 Å². The number of piperazine rings is 1. The summed E-state index contributed by atoms with van der Waals surface area (Å²) in [4.78, 5) is 16.3. The number of carbonyl (C=O) groups is 1. The molecular weight excluding hydrogens is 250 g/mol. The molecule has 1 aliphatic heterocycles. The molecule has 0 atom stereocenters. The molecule has 0 spiro atoms. The fraction of sp³-hybridized carbons (Fsp3) is 0.500. The first-order valence-electron chi connectivity index (χ1n) is 7.27. The van der Waals surface area contributed by atoms with E-state index in [0.717, 1.165) is 56.7 Å². The molecule has 2 fully saturated rings. The van der Waals surface area contributed by atoms with Crippen molar-refractivity contribution in [2.24, 2.45) is 5.92 Å². The third-order valence-electron chi connectivity index (χ3n) is 4.14. The van der Waals surface area contributed by atoms with Crippen LogP contribution >= 0.6 is 0 Å². The molecule has 0 aromatic heterocycles. The van der Waals surface area contributed by atoms with Crippen LogP contribution in [0.4, 0.5) is 0 Å². The van der Waals surface area contributed by atoms with Gasteiger partial charge in [-0.15, -0.1) is 0 Å². The number of benzene rings is 1. The fourth-order valence-corrected chi connectivity index (χ4v) is 2.72. The lowest BCUT2D eigenvalue weighted by Crippen LogP contribution is -2.48. The van der Waals surface area contributed by atoms with Crippen LogP contribution in [-0.2, 0) is 11.3 Å². The number of nitrogens with zero attached hydrogens (tertiary/aromatic N) is 3. The minimum absolute atomic E-state index is 0.320. The molecule has 1 heterocycles. The van der Waals surface area contributed by atoms with Gasteiger partial charge in [-0.2, -0.15) is 5.26 Å². The topological polar surface area (TPSA) is 47.3 Å². The summed E-state index contributed by atoms with van der Waals surface area (Å²) in [6, 6.07) is 9.99. The Labute approximate surface area is 119 Å². The maximum atomic E-state index is 12.0. The van der Waals surface area contributed by atoms with Gasteiger partial charge in [0.1, 0.15) is 0 Å². The number of carbonyl (C=O) groups excluding carboxylic acids is 1. The summed E-state index contributed by atoms with van der Waals surface area (Å²) < 4.78 is 0. The van der Waals surface area contributed by atoms with E-state index >= 15 is 0 Å². The summed E-state index contributed by atoms with van der Waals surface area (Å²) in [7, 11) is 0. The summed E-state index contributed by atoms with van der Waals surface area (Å²) >= 11 is 0. The lowest BCUT2D eigenvalue weighted by atomic mass is 10.1. The molecule has 0 N–H and O–H groups in total. The van der Waals surface area contributed by atoms with Gasteiger partial charge in [-0.05, 0) is 24.5 Å². The van der Waals surface area contributed by atoms with Gasteiger partial charge >= 0.3 is 0 Å². The van der Waals surface area contributed by atoms with E-state index in [-0.39, 0.29) is 0 Å². The van der Waals surface area contributed by atoms with Crippen molar-refractivity contribution in [1.82, 2.24) is 9.80 Å². The molecule has 104 valence electrons. The summed E-state index contributed by atoms with van der Waals surface area (Å²) in [6.45, 7) is 4.25. The van der Waals surface area contributed by atoms with Gasteiger partial charge in [0.05, 0.1) is 11.6 Å². The first kappa shape index (κ1) is 13.1. The van der Waals surface area contributed by atoms with Gasteiger partial charge < -0.3 is 4.90 Å². The summed E-state index contributed by atoms with van der Waals surface area (Å²) in [5.74, 6) is 0.669. The standard InChI is InChI=1S/C16H19N3O/c17-11-14-3-1-2-4-15(14)12-18-7-9-19(10-8-18)16(20)13-5-6-13/h1-4,13H,5-10,12H2. The zero-order chi connectivity index (χ0) is 13.9. The molecule has 1 saturated carbocycles. The largest absolute Gasteiger partial charge is 0.340 e. The van der Waals surface area contributed by atoms with Crippen LogP contribution in [0.15, 0.2) is 24.3 Å². The van der Waals surface area contributed by atoms with E-state index in [2.05, 4.69) is 11.0 Å². The highest BCUT2D eigenvalue weighted by Crippen LogP contribution is 2.31. The van der Waals surface area contributed by atoms with Crippen molar-refractivity contribution in [3.05, 3.63) is 35.4 Å². The van der Waals surface area contributed by atoms with Gasteiger partial charge in [-0.25, -0.2) is 0 Å². The van der Waals surface area contributed by atoms with Crippen molar-refractivity contribution >= 4 is 5.91 Å². The SMILES string of the molecule is N#Cc1ccccc1CN1CCN(C(=O)C2CC2)CC1. The number of nitriles is 1. The second kappa shape index (κ2) is 5.64. The highest BCUT2D eigenvalue weighted by molar-refractivity contribution is 5.81. The molecule has 1 aromatic carbocycles. The summed E-state index contributed by atoms with van der Waals surface area (Å²) in [5, 5.41) is 9.11. The molecule has 1 aromatic rings. The van der Waals surface area contributed by atoms with Crippen LogP contribution in [0.5, 0.6) is 0 Å². The molecule has 1 amide bonds. The molecule has 1 saturated heterocycles. The number of hydrogen-bond acceptors (Lipinski definition) is 3. The first-order chi connectivity index (χ1) is 9.78. The Morgan fingerprint density at radius 2 is 1.90 bits per heavy atom. The number of amides is 1. The maximum Gasteiger partial charge on any atom is 0.225 e. The van der Waals surface area contributed by atoms with Gasteiger partial charge in [0.2, 0.25) is 5.91 Å². The molecule has 0 unspecified atom stereocenters. The summed E-state index contributed by atoms with van der Waals surface area (Å²) in [6.07, 6.45) is 2.16. The van der Waals surface area contributed by atoms with Crippen LogP contribution in [-0.4, -0.2) is 41.9 Å². The molecule has 20 heavy (non-hydrogen) atoms. The molecule has 0 radical (unpaired) electrons. The van der Waals surface area contributed by atoms with E-state index in [9.17, 15) is 4.79 Å². The van der Waals surface area contributed by atoms with Crippen molar-refractivity contribution in [2.75, 3.05) is 26.2 Å². The van der Waals surface area contributed by atoms with Crippen LogP contribution in [0.2, 0.25) is 0 Å². The minimum Gasteiger partial charge on any atom is -0.340 e. The van der Waals surface area contributed by atoms with Crippen LogP contribution in [0, 0.1) is 17.2 Å². The molecule has 4 heteroatoms. The van der Waals surface area contributed by atoms with Crippen LogP contribution in [0.25, 0.3) is 0 Å². The fourth-order valence-electron chi connectivity index (χ4n) is 2.72. The van der Waals surface area contributed by atoms with Crippen LogP contribution in [0.1, 0.15) is 24.0 Å². The van der Waals surface area contributed by atoms with E-state index in [1.807, 2.05) is 29.2 Å². The molecule has 2 aliphatic rings. The average molecular weight is 269 g/mol. The van der Waals surface area contributed by atoms with Gasteiger partial charge in [-0.1, -0.05) is 18.2 Å². The Bertz CT molecular complexity index is 537. The summed E-state index contributed by atoms with van der Waals surface area (Å²) in [5.41, 5.74) is 1.83. The van der Waals surface area contributed by atoms with E-state index in [1.54, 1.807) is 0 Å². The highest BCUT2D eigenvalue weighted by Gasteiger charge is 2.34. The Kier molecular flexibility index (Phi) is 3.70. The number of rotatable bonds is 3. The van der Waals surface area contributed by atoms with E-state index in [0.29, 0.717) is 11.8 Å². The predicted molar refractivity (Wildman–Crippen MR) is 75.7 cm³/mol. The Hall–Kier alpha value is -1.86. The Morgan fingerprint density at radius 1 is 1.20 bits per heavy atom. The van der Waals surface area contributed by atoms with Crippen molar-refractivity contribution in [3.63, 3.8) is 0 Å². The molecule has 0 bridgehead atoms. The quantitative estimate of drug-likeness (QED) is 0.837. The van der Waals surface area contributed by atoms with Crippen molar-refractivity contribution in [1.29, 1.82) is 5.26 Å². The normalized spacial score (nSPS) is 19.6. The monoisotopic (exact) mass is 269 g/mol. The minimum atomic E-state index is 0.320. The predicted octanol–water partition coefficient (Wildman–Crippen LogP) is 1.61.